The lowest BCUT2D eigenvalue weighted by molar-refractivity contribution is 0.414. The molecule has 0 N–H and O–H groups in total. The Morgan fingerprint density at radius 2 is 1.43 bits per heavy atom. The zero-order valence-electron chi connectivity index (χ0n) is 30.1. The molecule has 2 atom stereocenters. The third kappa shape index (κ3) is 5.86. The maximum Gasteiger partial charge on any atom is 0.141 e. The average molecular weight is 693 g/mol. The van der Waals surface area contributed by atoms with Crippen molar-refractivity contribution in [3.63, 3.8) is 0 Å². The van der Waals surface area contributed by atoms with Gasteiger partial charge in [0, 0.05) is 52.3 Å². The molecule has 0 bridgehead atoms. The number of pyridine rings is 1. The zero-order valence-corrected chi connectivity index (χ0v) is 30.1. The molecular formula is C47H40N4O2. The van der Waals surface area contributed by atoms with Crippen LogP contribution in [0.15, 0.2) is 152 Å². The van der Waals surface area contributed by atoms with Gasteiger partial charge in [-0.25, -0.2) is 9.67 Å². The lowest BCUT2D eigenvalue weighted by Gasteiger charge is -2.34. The van der Waals surface area contributed by atoms with E-state index in [1.165, 1.54) is 22.3 Å². The van der Waals surface area contributed by atoms with Crippen LogP contribution in [0, 0.1) is 13.8 Å². The van der Waals surface area contributed by atoms with Crippen LogP contribution >= 0.6 is 0 Å². The van der Waals surface area contributed by atoms with Crippen LogP contribution in [0.1, 0.15) is 52.8 Å². The van der Waals surface area contributed by atoms with E-state index in [4.69, 9.17) is 19.6 Å². The normalized spacial score (nSPS) is 15.8. The first-order valence-electron chi connectivity index (χ1n) is 18.3. The predicted octanol–water partition coefficient (Wildman–Crippen LogP) is 11.5. The maximum atomic E-state index is 6.61. The van der Waals surface area contributed by atoms with E-state index < -0.39 is 0 Å². The van der Waals surface area contributed by atoms with Crippen LogP contribution in [-0.4, -0.2) is 26.4 Å². The molecule has 3 heterocycles. The van der Waals surface area contributed by atoms with Crippen LogP contribution in [0.5, 0.6) is 17.2 Å². The van der Waals surface area contributed by atoms with Crippen molar-refractivity contribution in [1.82, 2.24) is 19.3 Å². The van der Waals surface area contributed by atoms with Crippen molar-refractivity contribution in [2.24, 2.45) is 0 Å². The standard InChI is InChI=1S/C47H40N4O2/c1-31-46(47-39(33-14-6-4-7-15-33)21-13-22-40(47)34-16-8-5-9-17-34)32(2)51(49-31)35-18-12-19-37(28-35)53-38-24-25-42-41-20-10-11-23-43(41)50(44(42)29-38)45-30-36(52-3)26-27-48-45/h4-12,14-21,23-30,40,47H,13,22H2,1-3H3/t40-,47-/m1/s1. The highest BCUT2D eigenvalue weighted by atomic mass is 16.5. The maximum absolute atomic E-state index is 6.61. The summed E-state index contributed by atoms with van der Waals surface area (Å²) >= 11 is 0. The number of fused-ring (bicyclic) bond motifs is 3. The second-order valence-electron chi connectivity index (χ2n) is 13.8. The molecule has 0 saturated carbocycles. The van der Waals surface area contributed by atoms with Crippen molar-refractivity contribution in [2.75, 3.05) is 7.11 Å². The van der Waals surface area contributed by atoms with Gasteiger partial charge in [0.2, 0.25) is 0 Å². The van der Waals surface area contributed by atoms with E-state index in [9.17, 15) is 0 Å². The molecule has 0 amide bonds. The number of aryl methyl sites for hydroxylation is 1. The van der Waals surface area contributed by atoms with E-state index in [1.807, 2.05) is 30.3 Å². The summed E-state index contributed by atoms with van der Waals surface area (Å²) in [7, 11) is 1.67. The lowest BCUT2D eigenvalue weighted by atomic mass is 9.69. The number of hydrogen-bond acceptors (Lipinski definition) is 4. The fourth-order valence-corrected chi connectivity index (χ4v) is 8.35. The molecule has 0 saturated heterocycles. The van der Waals surface area contributed by atoms with Crippen molar-refractivity contribution in [2.45, 2.75) is 38.5 Å². The Balaban J connectivity index is 1.09. The van der Waals surface area contributed by atoms with Gasteiger partial charge in [0.15, 0.2) is 0 Å². The van der Waals surface area contributed by atoms with Gasteiger partial charge in [-0.3, -0.25) is 4.57 Å². The van der Waals surface area contributed by atoms with Gasteiger partial charge in [-0.1, -0.05) is 91.0 Å². The van der Waals surface area contributed by atoms with Crippen LogP contribution in [-0.2, 0) is 0 Å². The zero-order chi connectivity index (χ0) is 35.9. The summed E-state index contributed by atoms with van der Waals surface area (Å²) in [5, 5.41) is 7.48. The topological polar surface area (TPSA) is 54.1 Å². The first-order chi connectivity index (χ1) is 26.1. The molecule has 6 heteroatoms. The first kappa shape index (κ1) is 32.5. The molecule has 0 spiro atoms. The molecule has 1 aliphatic rings. The molecule has 3 aromatic heterocycles. The molecule has 5 aromatic carbocycles. The second kappa shape index (κ2) is 13.6. The van der Waals surface area contributed by atoms with Gasteiger partial charge in [0.1, 0.15) is 23.1 Å². The molecule has 6 nitrogen and oxygen atoms in total. The quantitative estimate of drug-likeness (QED) is 0.159. The summed E-state index contributed by atoms with van der Waals surface area (Å²) in [4.78, 5) is 4.71. The van der Waals surface area contributed by atoms with Gasteiger partial charge < -0.3 is 9.47 Å². The molecule has 0 unspecified atom stereocenters. The van der Waals surface area contributed by atoms with Gasteiger partial charge in [0.25, 0.3) is 0 Å². The number of hydrogen-bond donors (Lipinski definition) is 0. The van der Waals surface area contributed by atoms with Crippen molar-refractivity contribution in [3.8, 4) is 28.8 Å². The number of rotatable bonds is 8. The second-order valence-corrected chi connectivity index (χ2v) is 13.8. The summed E-state index contributed by atoms with van der Waals surface area (Å²) < 4.78 is 16.4. The Bertz CT molecular complexity index is 2620. The molecular weight excluding hydrogens is 653 g/mol. The molecule has 1 aliphatic carbocycles. The van der Waals surface area contributed by atoms with E-state index in [2.05, 4.69) is 138 Å². The fraction of sp³-hybridized carbons (Fsp3) is 0.149. The molecule has 0 radical (unpaired) electrons. The van der Waals surface area contributed by atoms with Crippen LogP contribution in [0.25, 0.3) is 38.9 Å². The van der Waals surface area contributed by atoms with E-state index in [0.717, 1.165) is 74.8 Å². The summed E-state index contributed by atoms with van der Waals surface area (Å²) in [6.45, 7) is 4.37. The van der Waals surface area contributed by atoms with Crippen LogP contribution in [0.2, 0.25) is 0 Å². The minimum atomic E-state index is 0.180. The summed E-state index contributed by atoms with van der Waals surface area (Å²) in [6, 6.07) is 48.6. The van der Waals surface area contributed by atoms with Crippen molar-refractivity contribution >= 4 is 27.4 Å². The first-order valence-corrected chi connectivity index (χ1v) is 18.3. The number of allylic oxidation sites excluding steroid dienone is 2. The van der Waals surface area contributed by atoms with Crippen LogP contribution in [0.4, 0.5) is 0 Å². The predicted molar refractivity (Wildman–Crippen MR) is 214 cm³/mol. The minimum absolute atomic E-state index is 0.180. The SMILES string of the molecule is COc1ccnc(-n2c3ccccc3c3ccc(Oc4cccc(-n5nc(C)c([C@@H]6C(c7ccccc7)=CCC[C@@H]6c6ccccc6)c5C)c4)cc32)c1. The highest BCUT2D eigenvalue weighted by Crippen LogP contribution is 2.50. The molecule has 9 rings (SSSR count). The monoisotopic (exact) mass is 692 g/mol. The molecule has 53 heavy (non-hydrogen) atoms. The molecule has 8 aromatic rings. The van der Waals surface area contributed by atoms with Crippen molar-refractivity contribution in [1.29, 1.82) is 0 Å². The third-order valence-electron chi connectivity index (χ3n) is 10.7. The Morgan fingerprint density at radius 3 is 2.26 bits per heavy atom. The smallest absolute Gasteiger partial charge is 0.141 e. The highest BCUT2D eigenvalue weighted by Gasteiger charge is 2.35. The molecule has 0 aliphatic heterocycles. The van der Waals surface area contributed by atoms with Gasteiger partial charge in [-0.05, 0) is 85.7 Å². The van der Waals surface area contributed by atoms with Gasteiger partial charge >= 0.3 is 0 Å². The average Bonchev–Trinajstić information content (AvgIpc) is 3.70. The van der Waals surface area contributed by atoms with Crippen LogP contribution in [0.3, 0.4) is 0 Å². The summed E-state index contributed by atoms with van der Waals surface area (Å²) in [5.74, 6) is 3.54. The fourth-order valence-electron chi connectivity index (χ4n) is 8.35. The minimum Gasteiger partial charge on any atom is -0.497 e. The van der Waals surface area contributed by atoms with E-state index in [0.29, 0.717) is 5.92 Å². The Hall–Kier alpha value is -6.40. The third-order valence-corrected chi connectivity index (χ3v) is 10.7. The number of benzene rings is 5. The van der Waals surface area contributed by atoms with Crippen LogP contribution < -0.4 is 9.47 Å². The van der Waals surface area contributed by atoms with E-state index >= 15 is 0 Å². The number of ether oxygens (including phenoxy) is 2. The molecule has 260 valence electrons. The number of aromatic nitrogens is 4. The highest BCUT2D eigenvalue weighted by molar-refractivity contribution is 6.09. The number of para-hydroxylation sites is 1. The van der Waals surface area contributed by atoms with Gasteiger partial charge in [-0.2, -0.15) is 5.10 Å². The van der Waals surface area contributed by atoms with Crippen molar-refractivity contribution < 1.29 is 9.47 Å². The Kier molecular flexibility index (Phi) is 8.35. The summed E-state index contributed by atoms with van der Waals surface area (Å²) in [5.41, 5.74) is 10.6. The number of nitrogens with zero attached hydrogens (tertiary/aromatic N) is 4. The van der Waals surface area contributed by atoms with Crippen molar-refractivity contribution in [3.05, 3.63) is 180 Å². The largest absolute Gasteiger partial charge is 0.497 e. The number of methoxy groups -OCH3 is 1. The Labute approximate surface area is 309 Å². The molecule has 0 fully saturated rings. The van der Waals surface area contributed by atoms with E-state index in [-0.39, 0.29) is 5.92 Å². The lowest BCUT2D eigenvalue weighted by Crippen LogP contribution is -2.18. The Morgan fingerprint density at radius 1 is 0.679 bits per heavy atom. The van der Waals surface area contributed by atoms with Gasteiger partial charge in [-0.15, -0.1) is 0 Å². The van der Waals surface area contributed by atoms with Gasteiger partial charge in [0.05, 0.1) is 29.5 Å². The van der Waals surface area contributed by atoms with E-state index in [1.54, 1.807) is 13.3 Å². The summed E-state index contributed by atoms with van der Waals surface area (Å²) in [6.07, 6.45) is 6.37.